The first kappa shape index (κ1) is 14.3. The molecule has 0 aromatic heterocycles. The molecule has 0 spiro atoms. The fourth-order valence-electron chi connectivity index (χ4n) is 3.61. The van der Waals surface area contributed by atoms with Gasteiger partial charge in [-0.05, 0) is 58.2 Å². The Bertz CT molecular complexity index is 221. The second-order valence-electron chi connectivity index (χ2n) is 6.26. The average Bonchev–Trinajstić information content (AvgIpc) is 2.42. The van der Waals surface area contributed by atoms with Crippen LogP contribution in [0.1, 0.15) is 51.4 Å². The molecule has 0 aromatic carbocycles. The van der Waals surface area contributed by atoms with Crippen molar-refractivity contribution >= 4 is 0 Å². The van der Waals surface area contributed by atoms with E-state index in [0.29, 0.717) is 18.7 Å². The van der Waals surface area contributed by atoms with Gasteiger partial charge in [-0.1, -0.05) is 19.3 Å². The molecule has 2 aliphatic rings. The van der Waals surface area contributed by atoms with Crippen LogP contribution in [0.3, 0.4) is 0 Å². The van der Waals surface area contributed by atoms with E-state index in [1.165, 1.54) is 58.0 Å². The summed E-state index contributed by atoms with van der Waals surface area (Å²) in [5.74, 6) is 0.811. The number of aliphatic hydroxyl groups is 1. The Kier molecular flexibility index (Phi) is 5.93. The lowest BCUT2D eigenvalue weighted by molar-refractivity contribution is 0.167. The number of nitrogens with zero attached hydrogens (tertiary/aromatic N) is 1. The summed E-state index contributed by atoms with van der Waals surface area (Å²) < 4.78 is 0. The van der Waals surface area contributed by atoms with E-state index in [1.54, 1.807) is 0 Å². The summed E-state index contributed by atoms with van der Waals surface area (Å²) in [5, 5.41) is 13.2. The molecule has 1 heterocycles. The Morgan fingerprint density at radius 3 is 2.39 bits per heavy atom. The van der Waals surface area contributed by atoms with Crippen molar-refractivity contribution in [2.24, 2.45) is 5.92 Å². The van der Waals surface area contributed by atoms with E-state index in [0.717, 1.165) is 12.3 Å². The predicted octanol–water partition coefficient (Wildman–Crippen LogP) is 2.00. The van der Waals surface area contributed by atoms with Gasteiger partial charge in [-0.25, -0.2) is 0 Å². The van der Waals surface area contributed by atoms with Crippen molar-refractivity contribution in [3.8, 4) is 0 Å². The Labute approximate surface area is 112 Å². The quantitative estimate of drug-likeness (QED) is 0.788. The average molecular weight is 254 g/mol. The fraction of sp³-hybridized carbons (Fsp3) is 1.00. The highest BCUT2D eigenvalue weighted by Gasteiger charge is 2.26. The van der Waals surface area contributed by atoms with Gasteiger partial charge in [-0.3, -0.25) is 0 Å². The molecular weight excluding hydrogens is 224 g/mol. The second kappa shape index (κ2) is 7.46. The summed E-state index contributed by atoms with van der Waals surface area (Å²) in [5.41, 5.74) is 0. The largest absolute Gasteiger partial charge is 0.396 e. The number of hydrogen-bond donors (Lipinski definition) is 2. The van der Waals surface area contributed by atoms with E-state index in [2.05, 4.69) is 17.3 Å². The SMILES string of the molecule is CN1CCC(NC(CCO)C2CCCCC2)CC1. The number of rotatable bonds is 5. The summed E-state index contributed by atoms with van der Waals surface area (Å²) in [6.45, 7) is 2.77. The maximum atomic E-state index is 9.29. The van der Waals surface area contributed by atoms with Gasteiger partial charge in [0.05, 0.1) is 0 Å². The third-order valence-corrected chi connectivity index (χ3v) is 4.83. The van der Waals surface area contributed by atoms with Crippen molar-refractivity contribution < 1.29 is 5.11 Å². The highest BCUT2D eigenvalue weighted by atomic mass is 16.3. The van der Waals surface area contributed by atoms with Gasteiger partial charge in [0.15, 0.2) is 0 Å². The third-order valence-electron chi connectivity index (χ3n) is 4.83. The molecule has 0 aromatic rings. The molecule has 2 N–H and O–H groups in total. The van der Waals surface area contributed by atoms with Gasteiger partial charge in [0.1, 0.15) is 0 Å². The van der Waals surface area contributed by atoms with Crippen molar-refractivity contribution in [3.63, 3.8) is 0 Å². The summed E-state index contributed by atoms with van der Waals surface area (Å²) in [6, 6.07) is 1.24. The summed E-state index contributed by atoms with van der Waals surface area (Å²) in [4.78, 5) is 2.42. The molecule has 0 amide bonds. The summed E-state index contributed by atoms with van der Waals surface area (Å²) in [6.07, 6.45) is 10.4. The first-order chi connectivity index (χ1) is 8.79. The molecule has 1 unspecified atom stereocenters. The molecule has 1 aliphatic carbocycles. The van der Waals surface area contributed by atoms with Gasteiger partial charge in [-0.2, -0.15) is 0 Å². The zero-order valence-corrected chi connectivity index (χ0v) is 11.9. The Morgan fingerprint density at radius 2 is 1.78 bits per heavy atom. The van der Waals surface area contributed by atoms with E-state index in [1.807, 2.05) is 0 Å². The highest BCUT2D eigenvalue weighted by Crippen LogP contribution is 2.28. The molecule has 18 heavy (non-hydrogen) atoms. The van der Waals surface area contributed by atoms with Crippen LogP contribution in [-0.4, -0.2) is 48.8 Å². The first-order valence-corrected chi connectivity index (χ1v) is 7.85. The Balaban J connectivity index is 1.81. The van der Waals surface area contributed by atoms with E-state index >= 15 is 0 Å². The predicted molar refractivity (Wildman–Crippen MR) is 75.7 cm³/mol. The van der Waals surface area contributed by atoms with Gasteiger partial charge in [0.25, 0.3) is 0 Å². The normalized spacial score (nSPS) is 26.3. The van der Waals surface area contributed by atoms with Crippen LogP contribution in [0.2, 0.25) is 0 Å². The number of piperidine rings is 1. The van der Waals surface area contributed by atoms with Crippen LogP contribution in [-0.2, 0) is 0 Å². The van der Waals surface area contributed by atoms with Crippen molar-refractivity contribution in [2.75, 3.05) is 26.7 Å². The lowest BCUT2D eigenvalue weighted by Crippen LogP contribution is -2.48. The summed E-state index contributed by atoms with van der Waals surface area (Å²) in [7, 11) is 2.21. The molecule has 1 aliphatic heterocycles. The molecule has 1 saturated heterocycles. The van der Waals surface area contributed by atoms with Gasteiger partial charge in [0.2, 0.25) is 0 Å². The Hall–Kier alpha value is -0.120. The molecule has 2 fully saturated rings. The van der Waals surface area contributed by atoms with Gasteiger partial charge < -0.3 is 15.3 Å². The molecule has 0 bridgehead atoms. The fourth-order valence-corrected chi connectivity index (χ4v) is 3.61. The van der Waals surface area contributed by atoms with Crippen molar-refractivity contribution in [1.29, 1.82) is 0 Å². The van der Waals surface area contributed by atoms with Crippen LogP contribution in [0.15, 0.2) is 0 Å². The standard InChI is InChI=1S/C15H30N2O/c1-17-10-7-14(8-11-17)16-15(9-12-18)13-5-3-2-4-6-13/h13-16,18H,2-12H2,1H3. The van der Waals surface area contributed by atoms with Crippen LogP contribution in [0.5, 0.6) is 0 Å². The van der Waals surface area contributed by atoms with Gasteiger partial charge >= 0.3 is 0 Å². The maximum Gasteiger partial charge on any atom is 0.0445 e. The van der Waals surface area contributed by atoms with Crippen LogP contribution in [0, 0.1) is 5.92 Å². The van der Waals surface area contributed by atoms with E-state index < -0.39 is 0 Å². The molecule has 1 saturated carbocycles. The monoisotopic (exact) mass is 254 g/mol. The van der Waals surface area contributed by atoms with Crippen LogP contribution < -0.4 is 5.32 Å². The van der Waals surface area contributed by atoms with Crippen LogP contribution >= 0.6 is 0 Å². The van der Waals surface area contributed by atoms with Crippen LogP contribution in [0.25, 0.3) is 0 Å². The van der Waals surface area contributed by atoms with Crippen molar-refractivity contribution in [3.05, 3.63) is 0 Å². The zero-order valence-electron chi connectivity index (χ0n) is 11.9. The molecule has 1 atom stereocenters. The summed E-state index contributed by atoms with van der Waals surface area (Å²) >= 11 is 0. The minimum atomic E-state index is 0.334. The lowest BCUT2D eigenvalue weighted by Gasteiger charge is -2.37. The maximum absolute atomic E-state index is 9.29. The van der Waals surface area contributed by atoms with Gasteiger partial charge in [-0.15, -0.1) is 0 Å². The molecule has 3 nitrogen and oxygen atoms in total. The third kappa shape index (κ3) is 4.22. The second-order valence-corrected chi connectivity index (χ2v) is 6.26. The van der Waals surface area contributed by atoms with Crippen molar-refractivity contribution in [2.45, 2.75) is 63.5 Å². The minimum absolute atomic E-state index is 0.334. The minimum Gasteiger partial charge on any atom is -0.396 e. The first-order valence-electron chi connectivity index (χ1n) is 7.85. The van der Waals surface area contributed by atoms with E-state index in [9.17, 15) is 5.11 Å². The number of hydrogen-bond acceptors (Lipinski definition) is 3. The topological polar surface area (TPSA) is 35.5 Å². The molecule has 106 valence electrons. The van der Waals surface area contributed by atoms with E-state index in [4.69, 9.17) is 0 Å². The number of aliphatic hydroxyl groups excluding tert-OH is 1. The van der Waals surface area contributed by atoms with E-state index in [-0.39, 0.29) is 0 Å². The molecule has 0 radical (unpaired) electrons. The van der Waals surface area contributed by atoms with Crippen molar-refractivity contribution in [1.82, 2.24) is 10.2 Å². The lowest BCUT2D eigenvalue weighted by atomic mass is 9.82. The van der Waals surface area contributed by atoms with Gasteiger partial charge in [0, 0.05) is 18.7 Å². The smallest absolute Gasteiger partial charge is 0.0445 e. The Morgan fingerprint density at radius 1 is 1.11 bits per heavy atom. The highest BCUT2D eigenvalue weighted by molar-refractivity contribution is 4.84. The molecule has 2 rings (SSSR count). The zero-order chi connectivity index (χ0) is 12.8. The van der Waals surface area contributed by atoms with Crippen LogP contribution in [0.4, 0.5) is 0 Å². The molecular formula is C15H30N2O. The molecule has 3 heteroatoms. The number of likely N-dealkylation sites (tertiary alicyclic amines) is 1. The number of nitrogens with one attached hydrogen (secondary N) is 1.